The van der Waals surface area contributed by atoms with Crippen molar-refractivity contribution in [2.24, 2.45) is 0 Å². The molecular weight excluding hydrogens is 338 g/mol. The molecule has 2 aromatic heterocycles. The van der Waals surface area contributed by atoms with E-state index in [0.717, 1.165) is 30.8 Å². The zero-order valence-electron chi connectivity index (χ0n) is 13.8. The summed E-state index contributed by atoms with van der Waals surface area (Å²) in [7, 11) is 0. The lowest BCUT2D eigenvalue weighted by molar-refractivity contribution is -0.118. The second kappa shape index (κ2) is 8.77. The van der Waals surface area contributed by atoms with Gasteiger partial charge >= 0.3 is 0 Å². The Morgan fingerprint density at radius 1 is 1.28 bits per heavy atom. The highest BCUT2D eigenvalue weighted by Crippen LogP contribution is 2.21. The summed E-state index contributed by atoms with van der Waals surface area (Å²) >= 11 is 1.30. The van der Waals surface area contributed by atoms with Gasteiger partial charge in [0, 0.05) is 43.8 Å². The van der Waals surface area contributed by atoms with E-state index in [1.807, 2.05) is 12.1 Å². The molecule has 25 heavy (non-hydrogen) atoms. The van der Waals surface area contributed by atoms with Gasteiger partial charge in [-0.2, -0.15) is 0 Å². The second-order valence-corrected chi connectivity index (χ2v) is 6.77. The molecule has 132 valence electrons. The number of pyridine rings is 1. The molecule has 2 N–H and O–H groups in total. The number of aliphatic hydroxyl groups excluding tert-OH is 1. The monoisotopic (exact) mass is 359 g/mol. The van der Waals surface area contributed by atoms with Gasteiger partial charge in [-0.25, -0.2) is 15.0 Å². The molecule has 0 unspecified atom stereocenters. The van der Waals surface area contributed by atoms with Gasteiger partial charge < -0.3 is 15.3 Å². The Bertz CT molecular complexity index is 700. The molecule has 0 aromatic carbocycles. The number of anilines is 1. The van der Waals surface area contributed by atoms with Crippen molar-refractivity contribution in [1.82, 2.24) is 20.3 Å². The number of nitrogens with zero attached hydrogens (tertiary/aromatic N) is 4. The van der Waals surface area contributed by atoms with E-state index < -0.39 is 0 Å². The number of piperidine rings is 1. The largest absolute Gasteiger partial charge is 0.391 e. The highest BCUT2D eigenvalue weighted by atomic mass is 32.2. The van der Waals surface area contributed by atoms with Gasteiger partial charge in [0.05, 0.1) is 11.9 Å². The molecule has 2 aromatic rings. The molecule has 1 aliphatic rings. The van der Waals surface area contributed by atoms with Crippen molar-refractivity contribution in [3.05, 3.63) is 42.4 Å². The van der Waals surface area contributed by atoms with Gasteiger partial charge in [0.1, 0.15) is 5.82 Å². The molecule has 1 amide bonds. The minimum atomic E-state index is -0.319. The number of thioether (sulfide) groups is 1. The first-order valence-electron chi connectivity index (χ1n) is 8.26. The van der Waals surface area contributed by atoms with Crippen molar-refractivity contribution in [3.8, 4) is 0 Å². The van der Waals surface area contributed by atoms with E-state index in [2.05, 4.69) is 25.2 Å². The normalized spacial score (nSPS) is 17.3. The van der Waals surface area contributed by atoms with E-state index in [4.69, 9.17) is 0 Å². The van der Waals surface area contributed by atoms with E-state index in [-0.39, 0.29) is 17.8 Å². The van der Waals surface area contributed by atoms with Crippen LogP contribution >= 0.6 is 11.8 Å². The van der Waals surface area contributed by atoms with Crippen molar-refractivity contribution in [1.29, 1.82) is 0 Å². The number of carbonyl (C=O) groups excluding carboxylic acids is 1. The van der Waals surface area contributed by atoms with Crippen LogP contribution < -0.4 is 10.2 Å². The van der Waals surface area contributed by atoms with Gasteiger partial charge in [0.25, 0.3) is 0 Å². The van der Waals surface area contributed by atoms with E-state index in [1.165, 1.54) is 11.8 Å². The number of nitrogens with one attached hydrogen (secondary N) is 1. The molecular formula is C17H21N5O2S. The summed E-state index contributed by atoms with van der Waals surface area (Å²) in [6, 6.07) is 5.56. The third-order valence-electron chi connectivity index (χ3n) is 3.91. The summed E-state index contributed by atoms with van der Waals surface area (Å²) in [5.41, 5.74) is 0.950. The van der Waals surface area contributed by atoms with Crippen LogP contribution in [0.3, 0.4) is 0 Å². The topological polar surface area (TPSA) is 91.2 Å². The molecule has 3 heterocycles. The third-order valence-corrected chi connectivity index (χ3v) is 4.79. The van der Waals surface area contributed by atoms with Crippen LogP contribution in [0.4, 0.5) is 5.82 Å². The summed E-state index contributed by atoms with van der Waals surface area (Å²) in [6.07, 6.45) is 6.50. The first-order valence-corrected chi connectivity index (χ1v) is 9.24. The Morgan fingerprint density at radius 3 is 2.88 bits per heavy atom. The highest BCUT2D eigenvalue weighted by molar-refractivity contribution is 7.99. The van der Waals surface area contributed by atoms with E-state index in [1.54, 1.807) is 24.7 Å². The average Bonchev–Trinajstić information content (AvgIpc) is 2.66. The molecule has 1 saturated heterocycles. The van der Waals surface area contributed by atoms with Crippen LogP contribution in [0.1, 0.15) is 18.4 Å². The molecule has 1 fully saturated rings. The molecule has 1 aliphatic heterocycles. The predicted molar refractivity (Wildman–Crippen MR) is 96.3 cm³/mol. The van der Waals surface area contributed by atoms with E-state index >= 15 is 0 Å². The molecule has 1 atom stereocenters. The van der Waals surface area contributed by atoms with Gasteiger partial charge in [-0.1, -0.05) is 17.8 Å². The third kappa shape index (κ3) is 5.14. The summed E-state index contributed by atoms with van der Waals surface area (Å²) in [6.45, 7) is 1.86. The number of hydrogen-bond acceptors (Lipinski definition) is 7. The number of β-amino-alcohol motifs (C(OH)–C–C–N with tert-alkyl or cyclic N) is 1. The van der Waals surface area contributed by atoms with Gasteiger partial charge in [-0.15, -0.1) is 0 Å². The van der Waals surface area contributed by atoms with E-state index in [9.17, 15) is 9.90 Å². The van der Waals surface area contributed by atoms with Crippen molar-refractivity contribution in [3.63, 3.8) is 0 Å². The summed E-state index contributed by atoms with van der Waals surface area (Å²) in [5.74, 6) is 1.02. The first kappa shape index (κ1) is 17.6. The second-order valence-electron chi connectivity index (χ2n) is 5.82. The first-order chi connectivity index (χ1) is 12.2. The Labute approximate surface area is 150 Å². The predicted octanol–water partition coefficient (Wildman–Crippen LogP) is 1.24. The number of hydrogen-bond donors (Lipinski definition) is 2. The Hall–Kier alpha value is -2.19. The molecule has 0 radical (unpaired) electrons. The van der Waals surface area contributed by atoms with Crippen molar-refractivity contribution >= 4 is 23.5 Å². The van der Waals surface area contributed by atoms with Crippen molar-refractivity contribution in [2.75, 3.05) is 23.7 Å². The Balaban J connectivity index is 1.55. The number of rotatable bonds is 6. The molecule has 0 bridgehead atoms. The standard InChI is InChI=1S/C17H21N5O2S/c23-14-5-2-9-22(11-14)16-13(4-1-6-18-16)10-21-15(24)12-25-17-19-7-3-8-20-17/h1,3-4,6-8,14,23H,2,5,9-12H2,(H,21,24)/t14-/m1/s1. The van der Waals surface area contributed by atoms with Crippen LogP contribution in [0, 0.1) is 0 Å². The SMILES string of the molecule is O=C(CSc1ncccn1)NCc1cccnc1N1CCC[C@@H](O)C1. The maximum Gasteiger partial charge on any atom is 0.230 e. The maximum absolute atomic E-state index is 12.1. The van der Waals surface area contributed by atoms with Gasteiger partial charge in [0.15, 0.2) is 5.16 Å². The lowest BCUT2D eigenvalue weighted by atomic mass is 10.1. The van der Waals surface area contributed by atoms with E-state index in [0.29, 0.717) is 18.2 Å². The average molecular weight is 359 g/mol. The van der Waals surface area contributed by atoms with Crippen LogP contribution in [0.25, 0.3) is 0 Å². The smallest absolute Gasteiger partial charge is 0.230 e. The van der Waals surface area contributed by atoms with Gasteiger partial charge in [-0.05, 0) is 25.0 Å². The fourth-order valence-corrected chi connectivity index (χ4v) is 3.37. The Kier molecular flexibility index (Phi) is 6.19. The lowest BCUT2D eigenvalue weighted by Crippen LogP contribution is -2.39. The molecule has 7 nitrogen and oxygen atoms in total. The van der Waals surface area contributed by atoms with Crippen LogP contribution in [-0.2, 0) is 11.3 Å². The summed E-state index contributed by atoms with van der Waals surface area (Å²) < 4.78 is 0. The summed E-state index contributed by atoms with van der Waals surface area (Å²) in [5, 5.41) is 13.4. The molecule has 3 rings (SSSR count). The van der Waals surface area contributed by atoms with Crippen LogP contribution in [0.2, 0.25) is 0 Å². The number of aromatic nitrogens is 3. The van der Waals surface area contributed by atoms with Crippen molar-refractivity contribution < 1.29 is 9.90 Å². The number of carbonyl (C=O) groups is 1. The highest BCUT2D eigenvalue weighted by Gasteiger charge is 2.21. The minimum Gasteiger partial charge on any atom is -0.391 e. The number of aliphatic hydroxyl groups is 1. The summed E-state index contributed by atoms with van der Waals surface area (Å²) in [4.78, 5) is 26.8. The fraction of sp³-hybridized carbons (Fsp3) is 0.412. The van der Waals surface area contributed by atoms with Crippen molar-refractivity contribution in [2.45, 2.75) is 30.6 Å². The zero-order chi connectivity index (χ0) is 17.5. The molecule has 0 spiro atoms. The minimum absolute atomic E-state index is 0.0778. The quantitative estimate of drug-likeness (QED) is 0.592. The fourth-order valence-electron chi connectivity index (χ4n) is 2.73. The van der Waals surface area contributed by atoms with Gasteiger partial charge in [0.2, 0.25) is 5.91 Å². The van der Waals surface area contributed by atoms with Crippen LogP contribution in [0.15, 0.2) is 41.9 Å². The van der Waals surface area contributed by atoms with Crippen LogP contribution in [-0.4, -0.2) is 50.9 Å². The Morgan fingerprint density at radius 2 is 2.08 bits per heavy atom. The molecule has 8 heteroatoms. The van der Waals surface area contributed by atoms with Gasteiger partial charge in [-0.3, -0.25) is 4.79 Å². The zero-order valence-corrected chi connectivity index (χ0v) is 14.7. The molecule has 0 aliphatic carbocycles. The van der Waals surface area contributed by atoms with Crippen LogP contribution in [0.5, 0.6) is 0 Å². The maximum atomic E-state index is 12.1. The lowest BCUT2D eigenvalue weighted by Gasteiger charge is -2.32. The number of amides is 1. The molecule has 0 saturated carbocycles.